The fourth-order valence-corrected chi connectivity index (χ4v) is 2.51. The average molecular weight is 402 g/mol. The van der Waals surface area contributed by atoms with E-state index < -0.39 is 18.2 Å². The Balaban J connectivity index is 1.98. The number of ether oxygens (including phenoxy) is 1. The van der Waals surface area contributed by atoms with Crippen molar-refractivity contribution in [2.24, 2.45) is 0 Å². The van der Waals surface area contributed by atoms with Gasteiger partial charge < -0.3 is 4.74 Å². The highest BCUT2D eigenvalue weighted by Gasteiger charge is 2.21. The third-order valence-corrected chi connectivity index (χ3v) is 4.57. The van der Waals surface area contributed by atoms with Crippen molar-refractivity contribution < 1.29 is 33.9 Å². The van der Waals surface area contributed by atoms with Crippen molar-refractivity contribution >= 4 is 11.9 Å². The van der Waals surface area contributed by atoms with Crippen LogP contribution in [-0.4, -0.2) is 31.4 Å². The zero-order chi connectivity index (χ0) is 21.4. The van der Waals surface area contributed by atoms with Crippen LogP contribution in [0.15, 0.2) is 36.4 Å². The average Bonchev–Trinajstić information content (AvgIpc) is 2.71. The van der Waals surface area contributed by atoms with E-state index in [0.717, 1.165) is 22.3 Å². The summed E-state index contributed by atoms with van der Waals surface area (Å²) in [5.41, 5.74) is 4.20. The van der Waals surface area contributed by atoms with Gasteiger partial charge in [0.05, 0.1) is 11.1 Å². The first-order chi connectivity index (χ1) is 13.8. The zero-order valence-electron chi connectivity index (χ0n) is 17.3. The molecule has 0 radical (unpaired) electrons. The van der Waals surface area contributed by atoms with Crippen molar-refractivity contribution in [1.29, 1.82) is 0 Å². The monoisotopic (exact) mass is 402 g/mol. The molecule has 0 aliphatic heterocycles. The largest absolute Gasteiger partial charge is 0.376 e. The molecule has 29 heavy (non-hydrogen) atoms. The van der Waals surface area contributed by atoms with Gasteiger partial charge in [0.2, 0.25) is 0 Å². The van der Waals surface area contributed by atoms with Gasteiger partial charge in [-0.2, -0.15) is 0 Å². The van der Waals surface area contributed by atoms with Gasteiger partial charge in [-0.25, -0.2) is 9.59 Å². The predicted molar refractivity (Wildman–Crippen MR) is 105 cm³/mol. The van der Waals surface area contributed by atoms with Crippen molar-refractivity contribution in [2.75, 3.05) is 13.2 Å². The van der Waals surface area contributed by atoms with Gasteiger partial charge in [-0.3, -0.25) is 9.78 Å². The normalized spacial score (nSPS) is 10.8. The SMILES string of the molecule is CCOCC(OOC(=O)c1cccc(C)c1C)OOC(=O)c1cccc(C)c1C. The number of aryl methyl sites for hydroxylation is 2. The third kappa shape index (κ3) is 6.12. The van der Waals surface area contributed by atoms with Crippen LogP contribution in [0.25, 0.3) is 0 Å². The minimum absolute atomic E-state index is 0.101. The van der Waals surface area contributed by atoms with Crippen molar-refractivity contribution in [3.05, 3.63) is 69.8 Å². The van der Waals surface area contributed by atoms with E-state index in [-0.39, 0.29) is 6.61 Å². The van der Waals surface area contributed by atoms with Crippen LogP contribution in [0.3, 0.4) is 0 Å². The van der Waals surface area contributed by atoms with E-state index >= 15 is 0 Å². The van der Waals surface area contributed by atoms with Gasteiger partial charge in [0.25, 0.3) is 6.29 Å². The summed E-state index contributed by atoms with van der Waals surface area (Å²) in [4.78, 5) is 44.4. The molecule has 0 spiro atoms. The molecule has 0 atom stereocenters. The maximum atomic E-state index is 12.3. The Morgan fingerprint density at radius 3 is 1.66 bits per heavy atom. The maximum absolute atomic E-state index is 12.3. The second-order valence-corrected chi connectivity index (χ2v) is 6.52. The molecule has 0 aliphatic carbocycles. The van der Waals surface area contributed by atoms with E-state index in [1.165, 1.54) is 0 Å². The first kappa shape index (κ1) is 22.5. The number of carbonyl (C=O) groups is 2. The van der Waals surface area contributed by atoms with Crippen LogP contribution in [-0.2, 0) is 24.3 Å². The van der Waals surface area contributed by atoms with Gasteiger partial charge >= 0.3 is 11.9 Å². The Morgan fingerprint density at radius 1 is 0.793 bits per heavy atom. The summed E-state index contributed by atoms with van der Waals surface area (Å²) in [7, 11) is 0. The minimum atomic E-state index is -1.24. The van der Waals surface area contributed by atoms with Crippen LogP contribution in [0.5, 0.6) is 0 Å². The molecule has 0 amide bonds. The molecule has 0 saturated heterocycles. The molecule has 0 aromatic heterocycles. The molecular formula is C22H26O7. The van der Waals surface area contributed by atoms with Crippen LogP contribution < -0.4 is 0 Å². The molecule has 2 aromatic carbocycles. The standard InChI is InChI=1S/C22H26O7/c1-6-25-13-20(26-28-21(23)18-11-7-9-14(2)16(18)4)27-29-22(24)19-12-8-10-15(3)17(19)5/h7-12,20H,6,13H2,1-5H3. The number of carbonyl (C=O) groups excluding carboxylic acids is 2. The van der Waals surface area contributed by atoms with Crippen LogP contribution in [0.2, 0.25) is 0 Å². The molecule has 0 saturated carbocycles. The van der Waals surface area contributed by atoms with Gasteiger partial charge in [0.1, 0.15) is 6.61 Å². The summed E-state index contributed by atoms with van der Waals surface area (Å²) in [6, 6.07) is 10.5. The lowest BCUT2D eigenvalue weighted by molar-refractivity contribution is -0.426. The molecule has 0 aliphatic rings. The topological polar surface area (TPSA) is 80.3 Å². The molecular weight excluding hydrogens is 376 g/mol. The molecule has 0 N–H and O–H groups in total. The maximum Gasteiger partial charge on any atom is 0.373 e. The van der Waals surface area contributed by atoms with Crippen LogP contribution in [0, 0.1) is 27.7 Å². The number of rotatable bonds is 9. The lowest BCUT2D eigenvalue weighted by Crippen LogP contribution is -2.27. The molecule has 7 nitrogen and oxygen atoms in total. The first-order valence-electron chi connectivity index (χ1n) is 9.30. The van der Waals surface area contributed by atoms with Crippen LogP contribution in [0.4, 0.5) is 0 Å². The Hall–Kier alpha value is -2.74. The quantitative estimate of drug-likeness (QED) is 0.354. The molecule has 0 bridgehead atoms. The molecule has 0 unspecified atom stereocenters. The minimum Gasteiger partial charge on any atom is -0.376 e. The van der Waals surface area contributed by atoms with E-state index in [4.69, 9.17) is 24.3 Å². The van der Waals surface area contributed by atoms with Crippen molar-refractivity contribution in [3.63, 3.8) is 0 Å². The summed E-state index contributed by atoms with van der Waals surface area (Å²) in [5.74, 6) is -1.37. The number of hydrogen-bond donors (Lipinski definition) is 0. The summed E-state index contributed by atoms with van der Waals surface area (Å²) >= 11 is 0. The molecule has 2 aromatic rings. The van der Waals surface area contributed by atoms with Gasteiger partial charge in [-0.15, -0.1) is 9.78 Å². The van der Waals surface area contributed by atoms with Gasteiger partial charge in [-0.1, -0.05) is 24.3 Å². The fourth-order valence-electron chi connectivity index (χ4n) is 2.51. The predicted octanol–water partition coefficient (Wildman–Crippen LogP) is 4.16. The highest BCUT2D eigenvalue weighted by Crippen LogP contribution is 2.16. The summed E-state index contributed by atoms with van der Waals surface area (Å²) in [6.07, 6.45) is -1.24. The summed E-state index contributed by atoms with van der Waals surface area (Å²) in [6.45, 7) is 9.45. The Bertz CT molecular complexity index is 793. The van der Waals surface area contributed by atoms with E-state index in [9.17, 15) is 9.59 Å². The number of benzene rings is 2. The van der Waals surface area contributed by atoms with Gasteiger partial charge in [0, 0.05) is 6.61 Å². The van der Waals surface area contributed by atoms with Crippen molar-refractivity contribution in [2.45, 2.75) is 40.9 Å². The Morgan fingerprint density at radius 2 is 1.24 bits per heavy atom. The molecule has 156 valence electrons. The summed E-state index contributed by atoms with van der Waals surface area (Å²) < 4.78 is 5.22. The van der Waals surface area contributed by atoms with Gasteiger partial charge in [-0.05, 0) is 69.0 Å². The highest BCUT2D eigenvalue weighted by molar-refractivity contribution is 5.91. The van der Waals surface area contributed by atoms with Crippen molar-refractivity contribution in [3.8, 4) is 0 Å². The number of hydrogen-bond acceptors (Lipinski definition) is 7. The van der Waals surface area contributed by atoms with E-state index in [0.29, 0.717) is 17.7 Å². The van der Waals surface area contributed by atoms with Crippen LogP contribution in [0.1, 0.15) is 49.9 Å². The van der Waals surface area contributed by atoms with E-state index in [2.05, 4.69) is 0 Å². The second-order valence-electron chi connectivity index (χ2n) is 6.52. The van der Waals surface area contributed by atoms with E-state index in [1.807, 2.05) is 39.8 Å². The van der Waals surface area contributed by atoms with E-state index in [1.54, 1.807) is 31.2 Å². The lowest BCUT2D eigenvalue weighted by Gasteiger charge is -2.16. The Labute approximate surface area is 170 Å². The zero-order valence-corrected chi connectivity index (χ0v) is 17.3. The summed E-state index contributed by atoms with van der Waals surface area (Å²) in [5, 5.41) is 0. The van der Waals surface area contributed by atoms with Gasteiger partial charge in [0.15, 0.2) is 0 Å². The molecule has 0 heterocycles. The highest BCUT2D eigenvalue weighted by atomic mass is 17.3. The fraction of sp³-hybridized carbons (Fsp3) is 0.364. The lowest BCUT2D eigenvalue weighted by atomic mass is 10.0. The molecule has 2 rings (SSSR count). The molecule has 0 fully saturated rings. The third-order valence-electron chi connectivity index (χ3n) is 4.57. The molecule has 7 heteroatoms. The van der Waals surface area contributed by atoms with Crippen LogP contribution >= 0.6 is 0 Å². The second kappa shape index (κ2) is 10.7. The Kier molecular flexibility index (Phi) is 8.33. The van der Waals surface area contributed by atoms with Crippen molar-refractivity contribution in [1.82, 2.24) is 0 Å². The first-order valence-corrected chi connectivity index (χ1v) is 9.30. The smallest absolute Gasteiger partial charge is 0.373 e.